The molecule has 0 saturated heterocycles. The summed E-state index contributed by atoms with van der Waals surface area (Å²) >= 11 is 0. The van der Waals surface area contributed by atoms with Gasteiger partial charge in [0.25, 0.3) is 0 Å². The highest BCUT2D eigenvalue weighted by molar-refractivity contribution is 5.95. The van der Waals surface area contributed by atoms with Gasteiger partial charge in [0.05, 0.1) is 6.54 Å². The quantitative estimate of drug-likeness (QED) is 0.722. The van der Waals surface area contributed by atoms with E-state index in [-0.39, 0.29) is 19.0 Å². The first-order valence-electron chi connectivity index (χ1n) is 7.93. The van der Waals surface area contributed by atoms with Crippen LogP contribution in [0.3, 0.4) is 0 Å². The fourth-order valence-electron chi connectivity index (χ4n) is 2.66. The van der Waals surface area contributed by atoms with Gasteiger partial charge < -0.3 is 10.1 Å². The fraction of sp³-hybridized carbons (Fsp3) is 0.375. The molecule has 9 nitrogen and oxygen atoms in total. The summed E-state index contributed by atoms with van der Waals surface area (Å²) in [5.74, 6) is -0.0297. The summed E-state index contributed by atoms with van der Waals surface area (Å²) in [5.41, 5.74) is 0.101. The van der Waals surface area contributed by atoms with Crippen LogP contribution in [-0.2, 0) is 22.6 Å². The van der Waals surface area contributed by atoms with Crippen molar-refractivity contribution in [3.05, 3.63) is 46.6 Å². The summed E-state index contributed by atoms with van der Waals surface area (Å²) < 4.78 is 7.14. The van der Waals surface area contributed by atoms with Crippen molar-refractivity contribution in [3.8, 4) is 0 Å². The summed E-state index contributed by atoms with van der Waals surface area (Å²) in [6.07, 6.45) is 0.669. The average Bonchev–Trinajstić information content (AvgIpc) is 3.09. The molecule has 0 radical (unpaired) electrons. The number of hydrogen-bond acceptors (Lipinski definition) is 5. The number of carbonyl (C=O) groups is 2. The number of carbonyl (C=O) groups excluding carboxylic acids is 2. The number of rotatable bonds is 7. The minimum Gasteiger partial charge on any atom is -0.385 e. The number of nitrogens with one attached hydrogen (secondary N) is 1. The molecule has 1 aromatic carbocycles. The van der Waals surface area contributed by atoms with Crippen LogP contribution in [0.5, 0.6) is 0 Å². The van der Waals surface area contributed by atoms with Gasteiger partial charge in [-0.2, -0.15) is 9.67 Å². The monoisotopic (exact) mass is 345 g/mol. The van der Waals surface area contributed by atoms with Crippen LogP contribution in [0.1, 0.15) is 12.2 Å². The van der Waals surface area contributed by atoms with Crippen LogP contribution in [-0.4, -0.2) is 46.5 Å². The molecular weight excluding hydrogens is 326 g/mol. The van der Waals surface area contributed by atoms with Crippen molar-refractivity contribution in [3.63, 3.8) is 0 Å². The summed E-state index contributed by atoms with van der Waals surface area (Å²) in [6.45, 7) is 0.910. The number of nitrogens with zero attached hydrogens (tertiary/aromatic N) is 4. The molecule has 0 saturated carbocycles. The lowest BCUT2D eigenvalue weighted by Crippen LogP contribution is -2.38. The Morgan fingerprint density at radius 3 is 2.76 bits per heavy atom. The molecule has 0 unspecified atom stereocenters. The molecular formula is C16H19N5O4. The Hall–Kier alpha value is -2.94. The minimum absolute atomic E-state index is 0.195. The van der Waals surface area contributed by atoms with Crippen molar-refractivity contribution in [2.75, 3.05) is 25.2 Å². The second kappa shape index (κ2) is 7.31. The zero-order valence-electron chi connectivity index (χ0n) is 13.8. The summed E-state index contributed by atoms with van der Waals surface area (Å²) in [7, 11) is 1.58. The topological polar surface area (TPSA) is 98.5 Å². The Bertz CT molecular complexity index is 827. The predicted octanol–water partition coefficient (Wildman–Crippen LogP) is 0.186. The molecule has 1 aliphatic heterocycles. The molecule has 3 rings (SSSR count). The van der Waals surface area contributed by atoms with Gasteiger partial charge in [-0.05, 0) is 18.6 Å². The van der Waals surface area contributed by atoms with E-state index in [9.17, 15) is 14.4 Å². The maximum Gasteiger partial charge on any atom is 0.365 e. The lowest BCUT2D eigenvalue weighted by Gasteiger charge is -2.15. The van der Waals surface area contributed by atoms with Crippen molar-refractivity contribution in [2.24, 2.45) is 0 Å². The number of methoxy groups -OCH3 is 1. The first kappa shape index (κ1) is 16.9. The smallest absolute Gasteiger partial charge is 0.365 e. The van der Waals surface area contributed by atoms with E-state index in [0.717, 1.165) is 4.68 Å². The van der Waals surface area contributed by atoms with E-state index in [2.05, 4.69) is 10.3 Å². The zero-order valence-corrected chi connectivity index (χ0v) is 13.8. The molecule has 0 aliphatic carbocycles. The predicted molar refractivity (Wildman–Crippen MR) is 89.4 cm³/mol. The Morgan fingerprint density at radius 1 is 1.28 bits per heavy atom. The van der Waals surface area contributed by atoms with E-state index in [1.54, 1.807) is 19.2 Å². The number of ether oxygens (including phenoxy) is 1. The summed E-state index contributed by atoms with van der Waals surface area (Å²) in [5, 5.41) is 2.69. The molecule has 1 aromatic heterocycles. The lowest BCUT2D eigenvalue weighted by atomic mass is 10.3. The van der Waals surface area contributed by atoms with E-state index < -0.39 is 11.7 Å². The summed E-state index contributed by atoms with van der Waals surface area (Å²) in [6, 6.07) is 8.70. The number of para-hydroxylation sites is 1. The van der Waals surface area contributed by atoms with Crippen LogP contribution in [0, 0.1) is 0 Å². The molecule has 0 spiro atoms. The SMILES string of the molecule is COCCCNC(=O)Cn1c(=O)nc2n1C(=O)N(c1ccccc1)C2. The third-order valence-electron chi connectivity index (χ3n) is 3.85. The molecule has 132 valence electrons. The van der Waals surface area contributed by atoms with Crippen molar-refractivity contribution in [1.29, 1.82) is 0 Å². The van der Waals surface area contributed by atoms with Crippen LogP contribution in [0.15, 0.2) is 35.1 Å². The van der Waals surface area contributed by atoms with Gasteiger partial charge in [0, 0.05) is 25.9 Å². The van der Waals surface area contributed by atoms with Crippen molar-refractivity contribution < 1.29 is 14.3 Å². The highest BCUT2D eigenvalue weighted by atomic mass is 16.5. The van der Waals surface area contributed by atoms with Gasteiger partial charge in [-0.1, -0.05) is 18.2 Å². The van der Waals surface area contributed by atoms with E-state index >= 15 is 0 Å². The number of benzene rings is 1. The molecule has 1 N–H and O–H groups in total. The lowest BCUT2D eigenvalue weighted by molar-refractivity contribution is -0.122. The van der Waals surface area contributed by atoms with Gasteiger partial charge in [0.15, 0.2) is 5.82 Å². The van der Waals surface area contributed by atoms with E-state index in [0.29, 0.717) is 31.1 Å². The Kier molecular flexibility index (Phi) is 4.94. The molecule has 2 aromatic rings. The Labute approximate surface area is 143 Å². The molecule has 0 atom stereocenters. The molecule has 2 heterocycles. The van der Waals surface area contributed by atoms with Gasteiger partial charge in [-0.15, -0.1) is 0 Å². The maximum absolute atomic E-state index is 12.7. The van der Waals surface area contributed by atoms with Crippen molar-refractivity contribution in [2.45, 2.75) is 19.5 Å². The molecule has 25 heavy (non-hydrogen) atoms. The van der Waals surface area contributed by atoms with Crippen LogP contribution in [0.2, 0.25) is 0 Å². The van der Waals surface area contributed by atoms with Gasteiger partial charge >= 0.3 is 11.7 Å². The van der Waals surface area contributed by atoms with Crippen LogP contribution in [0.4, 0.5) is 10.5 Å². The van der Waals surface area contributed by atoms with Crippen LogP contribution in [0.25, 0.3) is 0 Å². The Balaban J connectivity index is 1.74. The highest BCUT2D eigenvalue weighted by Crippen LogP contribution is 2.22. The fourth-order valence-corrected chi connectivity index (χ4v) is 2.66. The molecule has 0 bridgehead atoms. The normalized spacial score (nSPS) is 13.2. The first-order valence-corrected chi connectivity index (χ1v) is 7.93. The largest absolute Gasteiger partial charge is 0.385 e. The zero-order chi connectivity index (χ0) is 17.8. The number of anilines is 1. The van der Waals surface area contributed by atoms with E-state index in [1.165, 1.54) is 9.58 Å². The molecule has 9 heteroatoms. The van der Waals surface area contributed by atoms with E-state index in [4.69, 9.17) is 4.74 Å². The number of aromatic nitrogens is 3. The second-order valence-corrected chi connectivity index (χ2v) is 5.58. The number of hydrogen-bond donors (Lipinski definition) is 1. The van der Waals surface area contributed by atoms with Crippen LogP contribution >= 0.6 is 0 Å². The number of amides is 2. The van der Waals surface area contributed by atoms with E-state index in [1.807, 2.05) is 18.2 Å². The molecule has 0 fully saturated rings. The molecule has 2 amide bonds. The highest BCUT2D eigenvalue weighted by Gasteiger charge is 2.33. The van der Waals surface area contributed by atoms with Crippen LogP contribution < -0.4 is 15.9 Å². The standard InChI is InChI=1S/C16H19N5O4/c1-25-9-5-8-17-14(22)11-20-15(23)18-13-10-19(16(24)21(13)20)12-6-3-2-4-7-12/h2-4,6-7H,5,8-11H2,1H3,(H,17,22). The third kappa shape index (κ3) is 3.45. The third-order valence-corrected chi connectivity index (χ3v) is 3.85. The minimum atomic E-state index is -0.608. The van der Waals surface area contributed by atoms with Gasteiger partial charge in [0.2, 0.25) is 5.91 Å². The molecule has 1 aliphatic rings. The Morgan fingerprint density at radius 2 is 2.04 bits per heavy atom. The second-order valence-electron chi connectivity index (χ2n) is 5.58. The van der Waals surface area contributed by atoms with Gasteiger partial charge in [0.1, 0.15) is 6.54 Å². The van der Waals surface area contributed by atoms with Crippen molar-refractivity contribution in [1.82, 2.24) is 19.7 Å². The first-order chi connectivity index (χ1) is 12.1. The summed E-state index contributed by atoms with van der Waals surface area (Å²) in [4.78, 5) is 42.1. The average molecular weight is 345 g/mol. The number of fused-ring (bicyclic) bond motifs is 1. The van der Waals surface area contributed by atoms with Crippen molar-refractivity contribution >= 4 is 17.6 Å². The maximum atomic E-state index is 12.7. The van der Waals surface area contributed by atoms with Gasteiger partial charge in [-0.25, -0.2) is 14.3 Å². The van der Waals surface area contributed by atoms with Gasteiger partial charge in [-0.3, -0.25) is 9.69 Å².